The van der Waals surface area contributed by atoms with Gasteiger partial charge in [0.05, 0.1) is 17.9 Å². The molecular weight excluding hydrogens is 344 g/mol. The van der Waals surface area contributed by atoms with Gasteiger partial charge in [-0.2, -0.15) is 14.7 Å². The molecule has 2 aromatic rings. The van der Waals surface area contributed by atoms with Gasteiger partial charge in [0.1, 0.15) is 17.1 Å². The Bertz CT molecular complexity index is 898. The zero-order valence-corrected chi connectivity index (χ0v) is 14.7. The van der Waals surface area contributed by atoms with Crippen LogP contribution in [0.15, 0.2) is 17.3 Å². The van der Waals surface area contributed by atoms with E-state index < -0.39 is 10.0 Å². The molecule has 0 bridgehead atoms. The van der Waals surface area contributed by atoms with Gasteiger partial charge in [-0.3, -0.25) is 5.10 Å². The SMILES string of the molecule is Cc1n[nH]c(C)c1S(=O)(=O)N1CCCC(Oc2nccnc2C#N)C1. The van der Waals surface area contributed by atoms with Crippen LogP contribution in [0, 0.1) is 25.2 Å². The molecule has 0 spiro atoms. The molecule has 1 aliphatic heterocycles. The summed E-state index contributed by atoms with van der Waals surface area (Å²) in [6.45, 7) is 3.95. The molecule has 25 heavy (non-hydrogen) atoms. The third-order valence-corrected chi connectivity index (χ3v) is 6.18. The number of ether oxygens (including phenoxy) is 1. The minimum Gasteiger partial charge on any atom is -0.471 e. The van der Waals surface area contributed by atoms with E-state index >= 15 is 0 Å². The highest BCUT2D eigenvalue weighted by Gasteiger charge is 2.34. The van der Waals surface area contributed by atoms with E-state index in [9.17, 15) is 8.42 Å². The average molecular weight is 362 g/mol. The lowest BCUT2D eigenvalue weighted by atomic mass is 10.1. The summed E-state index contributed by atoms with van der Waals surface area (Å²) >= 11 is 0. The van der Waals surface area contributed by atoms with E-state index in [1.165, 1.54) is 16.7 Å². The van der Waals surface area contributed by atoms with Crippen molar-refractivity contribution >= 4 is 10.0 Å². The van der Waals surface area contributed by atoms with Crippen molar-refractivity contribution in [2.45, 2.75) is 37.7 Å². The third kappa shape index (κ3) is 3.33. The number of sulfonamides is 1. The molecule has 1 saturated heterocycles. The molecule has 1 unspecified atom stereocenters. The van der Waals surface area contributed by atoms with Gasteiger partial charge in [0.25, 0.3) is 5.88 Å². The highest BCUT2D eigenvalue weighted by atomic mass is 32.2. The molecule has 9 nitrogen and oxygen atoms in total. The highest BCUT2D eigenvalue weighted by molar-refractivity contribution is 7.89. The van der Waals surface area contributed by atoms with Crippen molar-refractivity contribution in [2.75, 3.05) is 13.1 Å². The van der Waals surface area contributed by atoms with Gasteiger partial charge in [0.15, 0.2) is 0 Å². The minimum absolute atomic E-state index is 0.0870. The number of nitrogens with one attached hydrogen (secondary N) is 1. The lowest BCUT2D eigenvalue weighted by Crippen LogP contribution is -2.44. The quantitative estimate of drug-likeness (QED) is 0.857. The maximum atomic E-state index is 12.9. The Labute approximate surface area is 145 Å². The van der Waals surface area contributed by atoms with E-state index in [-0.39, 0.29) is 29.1 Å². The van der Waals surface area contributed by atoms with E-state index in [0.29, 0.717) is 30.8 Å². The van der Waals surface area contributed by atoms with Crippen LogP contribution in [0.5, 0.6) is 5.88 Å². The van der Waals surface area contributed by atoms with E-state index in [0.717, 1.165) is 0 Å². The van der Waals surface area contributed by atoms with Crippen LogP contribution >= 0.6 is 0 Å². The molecule has 0 aliphatic carbocycles. The van der Waals surface area contributed by atoms with E-state index in [4.69, 9.17) is 10.00 Å². The van der Waals surface area contributed by atoms with Gasteiger partial charge in [0.2, 0.25) is 15.7 Å². The molecule has 0 radical (unpaired) electrons. The molecule has 3 heterocycles. The van der Waals surface area contributed by atoms with Crippen LogP contribution < -0.4 is 4.74 Å². The fraction of sp³-hybridized carbons (Fsp3) is 0.467. The largest absolute Gasteiger partial charge is 0.471 e. The van der Waals surface area contributed by atoms with E-state index in [1.54, 1.807) is 13.8 Å². The minimum atomic E-state index is -3.66. The fourth-order valence-electron chi connectivity index (χ4n) is 2.92. The topological polar surface area (TPSA) is 125 Å². The van der Waals surface area contributed by atoms with Crippen molar-refractivity contribution in [2.24, 2.45) is 0 Å². The zero-order chi connectivity index (χ0) is 18.0. The van der Waals surface area contributed by atoms with Crippen LogP contribution in [0.2, 0.25) is 0 Å². The van der Waals surface area contributed by atoms with E-state index in [1.807, 2.05) is 6.07 Å². The number of nitrogens with zero attached hydrogens (tertiary/aromatic N) is 5. The van der Waals surface area contributed by atoms with Crippen molar-refractivity contribution in [3.05, 3.63) is 29.5 Å². The summed E-state index contributed by atoms with van der Waals surface area (Å²) in [6, 6.07) is 1.92. The number of aromatic amines is 1. The Balaban J connectivity index is 1.81. The van der Waals surface area contributed by atoms with Crippen LogP contribution in [-0.4, -0.2) is 52.1 Å². The number of hydrogen-bond acceptors (Lipinski definition) is 7. The Morgan fingerprint density at radius 2 is 2.12 bits per heavy atom. The van der Waals surface area contributed by atoms with Crippen LogP contribution in [0.3, 0.4) is 0 Å². The molecule has 10 heteroatoms. The molecular formula is C15H18N6O3S. The summed E-state index contributed by atoms with van der Waals surface area (Å²) < 4.78 is 33.0. The van der Waals surface area contributed by atoms with Gasteiger partial charge >= 0.3 is 0 Å². The highest BCUT2D eigenvalue weighted by Crippen LogP contribution is 2.26. The number of piperidine rings is 1. The van der Waals surface area contributed by atoms with Gasteiger partial charge in [0, 0.05) is 18.9 Å². The van der Waals surface area contributed by atoms with Crippen LogP contribution in [0.25, 0.3) is 0 Å². The molecule has 0 amide bonds. The Morgan fingerprint density at radius 1 is 1.36 bits per heavy atom. The van der Waals surface area contributed by atoms with Gasteiger partial charge < -0.3 is 4.74 Å². The molecule has 2 aromatic heterocycles. The Morgan fingerprint density at radius 3 is 2.80 bits per heavy atom. The predicted octanol–water partition coefficient (Wildman–Crippen LogP) is 0.920. The lowest BCUT2D eigenvalue weighted by molar-refractivity contribution is 0.124. The van der Waals surface area contributed by atoms with Crippen molar-refractivity contribution in [3.8, 4) is 11.9 Å². The van der Waals surface area contributed by atoms with Crippen LogP contribution in [0.4, 0.5) is 0 Å². The first kappa shape index (κ1) is 17.3. The van der Waals surface area contributed by atoms with Crippen molar-refractivity contribution < 1.29 is 13.2 Å². The first-order valence-electron chi connectivity index (χ1n) is 7.83. The Kier molecular flexibility index (Phi) is 4.69. The molecule has 1 fully saturated rings. The van der Waals surface area contributed by atoms with Gasteiger partial charge in [-0.15, -0.1) is 0 Å². The van der Waals surface area contributed by atoms with Gasteiger partial charge in [-0.05, 0) is 26.7 Å². The first-order chi connectivity index (χ1) is 11.9. The monoisotopic (exact) mass is 362 g/mol. The summed E-state index contributed by atoms with van der Waals surface area (Å²) in [4.78, 5) is 8.13. The maximum absolute atomic E-state index is 12.9. The van der Waals surface area contributed by atoms with Crippen molar-refractivity contribution in [1.29, 1.82) is 5.26 Å². The molecule has 0 saturated carbocycles. The molecule has 0 aromatic carbocycles. The van der Waals surface area contributed by atoms with Crippen molar-refractivity contribution in [3.63, 3.8) is 0 Å². The standard InChI is InChI=1S/C15H18N6O3S/c1-10-14(11(2)20-19-10)25(22,23)21-7-3-4-12(9-21)24-15-13(8-16)17-5-6-18-15/h5-6,12H,3-4,7,9H2,1-2H3,(H,19,20). The normalized spacial score (nSPS) is 18.7. The lowest BCUT2D eigenvalue weighted by Gasteiger charge is -2.31. The predicted molar refractivity (Wildman–Crippen MR) is 87.2 cm³/mol. The summed E-state index contributed by atoms with van der Waals surface area (Å²) in [6.07, 6.45) is 3.79. The first-order valence-corrected chi connectivity index (χ1v) is 9.27. The molecule has 1 N–H and O–H groups in total. The van der Waals surface area contributed by atoms with Crippen molar-refractivity contribution in [1.82, 2.24) is 24.5 Å². The molecule has 1 aliphatic rings. The second-order valence-electron chi connectivity index (χ2n) is 5.83. The zero-order valence-electron chi connectivity index (χ0n) is 13.9. The number of rotatable bonds is 4. The second kappa shape index (κ2) is 6.78. The maximum Gasteiger partial charge on any atom is 0.251 e. The van der Waals surface area contributed by atoms with Crippen LogP contribution in [-0.2, 0) is 10.0 Å². The smallest absolute Gasteiger partial charge is 0.251 e. The number of hydrogen-bond donors (Lipinski definition) is 1. The Hall–Kier alpha value is -2.51. The third-order valence-electron chi connectivity index (χ3n) is 4.05. The molecule has 132 valence electrons. The number of aryl methyl sites for hydroxylation is 2. The second-order valence-corrected chi connectivity index (χ2v) is 7.70. The van der Waals surface area contributed by atoms with E-state index in [2.05, 4.69) is 20.2 Å². The molecule has 3 rings (SSSR count). The van der Waals surface area contributed by atoms with Crippen LogP contribution in [0.1, 0.15) is 29.9 Å². The number of aromatic nitrogens is 4. The number of H-pyrrole nitrogens is 1. The average Bonchev–Trinajstić information content (AvgIpc) is 2.95. The summed E-state index contributed by atoms with van der Waals surface area (Å²) in [5.41, 5.74) is 1.05. The van der Waals surface area contributed by atoms with Gasteiger partial charge in [-0.25, -0.2) is 18.4 Å². The van der Waals surface area contributed by atoms with Gasteiger partial charge in [-0.1, -0.05) is 0 Å². The number of nitriles is 1. The molecule has 1 atom stereocenters. The fourth-order valence-corrected chi connectivity index (χ4v) is 4.76. The summed E-state index contributed by atoms with van der Waals surface area (Å²) in [5.74, 6) is 0.130. The summed E-state index contributed by atoms with van der Waals surface area (Å²) in [7, 11) is -3.66. The summed E-state index contributed by atoms with van der Waals surface area (Å²) in [5, 5.41) is 15.7.